The molecule has 0 unspecified atom stereocenters. The molecule has 1 aromatic heterocycles. The SMILES string of the molecule is CN1N=C(C(=O)N2CCC[C@H]2c2nc3ccccc3s2)CCC1=O. The normalized spacial score (nSPS) is 21.5. The van der Waals surface area contributed by atoms with Crippen molar-refractivity contribution in [1.82, 2.24) is 14.9 Å². The van der Waals surface area contributed by atoms with E-state index in [4.69, 9.17) is 4.98 Å². The monoisotopic (exact) mass is 342 g/mol. The van der Waals surface area contributed by atoms with E-state index in [9.17, 15) is 9.59 Å². The van der Waals surface area contributed by atoms with Crippen molar-refractivity contribution in [2.24, 2.45) is 5.10 Å². The van der Waals surface area contributed by atoms with Crippen LogP contribution in [0.5, 0.6) is 0 Å². The Kier molecular flexibility index (Phi) is 3.80. The zero-order valence-corrected chi connectivity index (χ0v) is 14.3. The number of carbonyl (C=O) groups is 2. The van der Waals surface area contributed by atoms with Gasteiger partial charge in [-0.15, -0.1) is 11.3 Å². The summed E-state index contributed by atoms with van der Waals surface area (Å²) in [5, 5.41) is 6.44. The van der Waals surface area contributed by atoms with Crippen LogP contribution in [0.2, 0.25) is 0 Å². The molecule has 1 atom stereocenters. The van der Waals surface area contributed by atoms with Crippen LogP contribution in [0, 0.1) is 0 Å². The molecule has 1 saturated heterocycles. The molecule has 7 heteroatoms. The second-order valence-electron chi connectivity index (χ2n) is 6.14. The van der Waals surface area contributed by atoms with Crippen molar-refractivity contribution < 1.29 is 9.59 Å². The van der Waals surface area contributed by atoms with Gasteiger partial charge in [0.2, 0.25) is 5.91 Å². The van der Waals surface area contributed by atoms with Crippen LogP contribution in [0.15, 0.2) is 29.4 Å². The van der Waals surface area contributed by atoms with E-state index in [0.29, 0.717) is 18.6 Å². The highest BCUT2D eigenvalue weighted by Gasteiger charge is 2.35. The smallest absolute Gasteiger partial charge is 0.270 e. The van der Waals surface area contributed by atoms with Gasteiger partial charge in [0.25, 0.3) is 5.91 Å². The second-order valence-corrected chi connectivity index (χ2v) is 7.20. The first-order valence-electron chi connectivity index (χ1n) is 8.14. The van der Waals surface area contributed by atoms with Gasteiger partial charge in [-0.3, -0.25) is 9.59 Å². The van der Waals surface area contributed by atoms with Gasteiger partial charge in [0.15, 0.2) is 0 Å². The van der Waals surface area contributed by atoms with E-state index >= 15 is 0 Å². The molecule has 2 aliphatic heterocycles. The Morgan fingerprint density at radius 3 is 2.92 bits per heavy atom. The fourth-order valence-electron chi connectivity index (χ4n) is 3.29. The summed E-state index contributed by atoms with van der Waals surface area (Å²) in [5.74, 6) is -0.105. The molecule has 4 rings (SSSR count). The number of aromatic nitrogens is 1. The predicted molar refractivity (Wildman–Crippen MR) is 92.7 cm³/mol. The molecule has 0 aliphatic carbocycles. The minimum Gasteiger partial charge on any atom is -0.328 e. The molecular formula is C17H18N4O2S. The first kappa shape index (κ1) is 15.3. The Hall–Kier alpha value is -2.28. The summed E-state index contributed by atoms with van der Waals surface area (Å²) in [4.78, 5) is 31.0. The largest absolute Gasteiger partial charge is 0.328 e. The van der Waals surface area contributed by atoms with Crippen LogP contribution in [-0.2, 0) is 9.59 Å². The Labute approximate surface area is 143 Å². The highest BCUT2D eigenvalue weighted by Crippen LogP contribution is 2.36. The van der Waals surface area contributed by atoms with Crippen molar-refractivity contribution >= 4 is 39.1 Å². The molecule has 24 heavy (non-hydrogen) atoms. The van der Waals surface area contributed by atoms with Gasteiger partial charge in [-0.2, -0.15) is 5.10 Å². The molecule has 124 valence electrons. The van der Waals surface area contributed by atoms with Crippen LogP contribution in [0.3, 0.4) is 0 Å². The molecule has 0 N–H and O–H groups in total. The zero-order chi connectivity index (χ0) is 16.7. The number of hydrazone groups is 1. The number of nitrogens with zero attached hydrogens (tertiary/aromatic N) is 4. The van der Waals surface area contributed by atoms with Crippen LogP contribution in [0.25, 0.3) is 10.2 Å². The number of carbonyl (C=O) groups excluding carboxylic acids is 2. The summed E-state index contributed by atoms with van der Waals surface area (Å²) in [6.45, 7) is 0.718. The molecule has 0 spiro atoms. The number of fused-ring (bicyclic) bond motifs is 1. The first-order chi connectivity index (χ1) is 11.6. The van der Waals surface area contributed by atoms with Crippen molar-refractivity contribution in [2.45, 2.75) is 31.7 Å². The molecule has 6 nitrogen and oxygen atoms in total. The van der Waals surface area contributed by atoms with Gasteiger partial charge in [-0.05, 0) is 25.0 Å². The third kappa shape index (κ3) is 2.58. The Morgan fingerprint density at radius 1 is 1.29 bits per heavy atom. The Morgan fingerprint density at radius 2 is 2.12 bits per heavy atom. The van der Waals surface area contributed by atoms with Gasteiger partial charge in [-0.1, -0.05) is 12.1 Å². The summed E-state index contributed by atoms with van der Waals surface area (Å²) in [6, 6.07) is 8.06. The van der Waals surface area contributed by atoms with Crippen molar-refractivity contribution in [3.05, 3.63) is 29.3 Å². The minimum atomic E-state index is -0.0592. The molecule has 2 amide bonds. The average molecular weight is 342 g/mol. The molecule has 0 saturated carbocycles. The number of rotatable bonds is 2. The summed E-state index contributed by atoms with van der Waals surface area (Å²) in [7, 11) is 1.60. The van der Waals surface area contributed by atoms with E-state index in [1.807, 2.05) is 23.1 Å². The maximum Gasteiger partial charge on any atom is 0.270 e. The third-order valence-corrected chi connectivity index (χ3v) is 5.70. The zero-order valence-electron chi connectivity index (χ0n) is 13.4. The van der Waals surface area contributed by atoms with E-state index < -0.39 is 0 Å². The molecule has 3 heterocycles. The number of likely N-dealkylation sites (tertiary alicyclic amines) is 1. The van der Waals surface area contributed by atoms with Crippen LogP contribution >= 0.6 is 11.3 Å². The molecule has 2 aromatic rings. The van der Waals surface area contributed by atoms with Crippen molar-refractivity contribution in [2.75, 3.05) is 13.6 Å². The quantitative estimate of drug-likeness (QED) is 0.842. The number of amides is 2. The lowest BCUT2D eigenvalue weighted by Crippen LogP contribution is -2.40. The van der Waals surface area contributed by atoms with Gasteiger partial charge in [-0.25, -0.2) is 9.99 Å². The summed E-state index contributed by atoms with van der Waals surface area (Å²) < 4.78 is 1.15. The number of para-hydroxylation sites is 1. The van der Waals surface area contributed by atoms with Crippen LogP contribution in [0.4, 0.5) is 0 Å². The topological polar surface area (TPSA) is 65.9 Å². The molecular weight excluding hydrogens is 324 g/mol. The number of thiazole rings is 1. The highest BCUT2D eigenvalue weighted by atomic mass is 32.1. The molecule has 0 radical (unpaired) electrons. The van der Waals surface area contributed by atoms with Gasteiger partial charge in [0.05, 0.1) is 16.3 Å². The average Bonchev–Trinajstić information content (AvgIpc) is 3.22. The third-order valence-electron chi connectivity index (χ3n) is 4.56. The van der Waals surface area contributed by atoms with Gasteiger partial charge in [0, 0.05) is 26.4 Å². The molecule has 1 fully saturated rings. The molecule has 2 aliphatic rings. The van der Waals surface area contributed by atoms with Crippen molar-refractivity contribution in [1.29, 1.82) is 0 Å². The van der Waals surface area contributed by atoms with E-state index in [0.717, 1.165) is 34.6 Å². The minimum absolute atomic E-state index is 0.0144. The molecule has 1 aromatic carbocycles. The van der Waals surface area contributed by atoms with E-state index in [-0.39, 0.29) is 17.9 Å². The van der Waals surface area contributed by atoms with Gasteiger partial charge < -0.3 is 4.90 Å². The van der Waals surface area contributed by atoms with Crippen LogP contribution < -0.4 is 0 Å². The Bertz CT molecular complexity index is 811. The fourth-order valence-corrected chi connectivity index (χ4v) is 4.40. The van der Waals surface area contributed by atoms with E-state index in [1.54, 1.807) is 18.4 Å². The van der Waals surface area contributed by atoms with E-state index in [2.05, 4.69) is 11.2 Å². The van der Waals surface area contributed by atoms with Gasteiger partial charge in [0.1, 0.15) is 10.7 Å². The lowest BCUT2D eigenvalue weighted by molar-refractivity contribution is -0.130. The van der Waals surface area contributed by atoms with Crippen molar-refractivity contribution in [3.63, 3.8) is 0 Å². The highest BCUT2D eigenvalue weighted by molar-refractivity contribution is 7.18. The number of hydrogen-bond acceptors (Lipinski definition) is 5. The van der Waals surface area contributed by atoms with E-state index in [1.165, 1.54) is 5.01 Å². The second kappa shape index (κ2) is 5.98. The summed E-state index contributed by atoms with van der Waals surface area (Å²) in [5.41, 5.74) is 1.46. The maximum absolute atomic E-state index is 12.9. The maximum atomic E-state index is 12.9. The number of benzene rings is 1. The lowest BCUT2D eigenvalue weighted by Gasteiger charge is -2.26. The summed E-state index contributed by atoms with van der Waals surface area (Å²) >= 11 is 1.65. The van der Waals surface area contributed by atoms with Gasteiger partial charge >= 0.3 is 0 Å². The van der Waals surface area contributed by atoms with Crippen LogP contribution in [0.1, 0.15) is 36.7 Å². The first-order valence-corrected chi connectivity index (χ1v) is 8.95. The summed E-state index contributed by atoms with van der Waals surface area (Å²) in [6.07, 6.45) is 2.66. The van der Waals surface area contributed by atoms with Crippen LogP contribution in [-0.4, -0.2) is 46.0 Å². The standard InChI is InChI=1S/C17H18N4O2S/c1-20-15(22)9-8-12(19-20)17(23)21-10-4-6-13(21)16-18-11-5-2-3-7-14(11)24-16/h2-3,5,7,13H,4,6,8-10H2,1H3/t13-/m0/s1. The molecule has 0 bridgehead atoms. The Balaban J connectivity index is 1.61. The predicted octanol–water partition coefficient (Wildman–Crippen LogP) is 2.57. The number of hydrogen-bond donors (Lipinski definition) is 0. The lowest BCUT2D eigenvalue weighted by atomic mass is 10.1. The van der Waals surface area contributed by atoms with Crippen molar-refractivity contribution in [3.8, 4) is 0 Å². The fraction of sp³-hybridized carbons (Fsp3) is 0.412.